The van der Waals surface area contributed by atoms with Crippen LogP contribution >= 0.6 is 11.6 Å². The zero-order valence-corrected chi connectivity index (χ0v) is 11.1. The zero-order chi connectivity index (χ0) is 11.1. The van der Waals surface area contributed by atoms with Crippen molar-refractivity contribution >= 4 is 20.2 Å². The van der Waals surface area contributed by atoms with E-state index < -0.39 is 8.56 Å². The highest BCUT2D eigenvalue weighted by Crippen LogP contribution is 2.16. The third-order valence-electron chi connectivity index (χ3n) is 2.50. The molecule has 1 fully saturated rings. The van der Waals surface area contributed by atoms with Gasteiger partial charge in [0.15, 0.2) is 0 Å². The molecule has 1 saturated heterocycles. The summed E-state index contributed by atoms with van der Waals surface area (Å²) in [5.41, 5.74) is 0.464. The zero-order valence-electron chi connectivity index (χ0n) is 9.33. The number of alkyl halides is 1. The molecule has 0 aliphatic carbocycles. The first-order valence-corrected chi connectivity index (χ1v) is 7.88. The predicted octanol–water partition coefficient (Wildman–Crippen LogP) is 1.30. The third-order valence-corrected chi connectivity index (χ3v) is 6.73. The van der Waals surface area contributed by atoms with Gasteiger partial charge in [-0.2, -0.15) is 0 Å². The van der Waals surface area contributed by atoms with Crippen LogP contribution in [0.4, 0.5) is 0 Å². The summed E-state index contributed by atoms with van der Waals surface area (Å²) in [7, 11) is 1.20. The van der Waals surface area contributed by atoms with Gasteiger partial charge in [-0.3, -0.25) is 0 Å². The van der Waals surface area contributed by atoms with Gasteiger partial charge in [-0.1, -0.05) is 0 Å². The Morgan fingerprint density at radius 1 is 1.40 bits per heavy atom. The lowest BCUT2D eigenvalue weighted by molar-refractivity contribution is 0.114. The lowest BCUT2D eigenvalue weighted by Gasteiger charge is -2.24. The van der Waals surface area contributed by atoms with E-state index >= 15 is 0 Å². The first kappa shape index (κ1) is 13.4. The van der Waals surface area contributed by atoms with Crippen molar-refractivity contribution in [3.63, 3.8) is 0 Å². The van der Waals surface area contributed by atoms with E-state index in [0.717, 1.165) is 25.7 Å². The van der Waals surface area contributed by atoms with Crippen LogP contribution in [0.5, 0.6) is 0 Å². The summed E-state index contributed by atoms with van der Waals surface area (Å²) < 4.78 is 21.2. The Morgan fingerprint density at radius 3 is 2.53 bits per heavy atom. The van der Waals surface area contributed by atoms with Gasteiger partial charge in [-0.25, -0.2) is 0 Å². The molecule has 0 radical (unpaired) electrons. The summed E-state index contributed by atoms with van der Waals surface area (Å²) in [5, 5.41) is 0. The molecule has 1 heterocycles. The summed E-state index contributed by atoms with van der Waals surface area (Å²) in [4.78, 5) is 0. The number of hydrogen-bond acceptors (Lipinski definition) is 4. The second-order valence-electron chi connectivity index (χ2n) is 3.59. The molecule has 0 saturated carbocycles. The van der Waals surface area contributed by atoms with Crippen molar-refractivity contribution in [2.45, 2.75) is 18.6 Å². The highest BCUT2D eigenvalue weighted by atomic mass is 35.5. The lowest BCUT2D eigenvalue weighted by Crippen LogP contribution is -2.42. The van der Waals surface area contributed by atoms with Crippen molar-refractivity contribution in [2.75, 3.05) is 39.5 Å². The van der Waals surface area contributed by atoms with Crippen LogP contribution in [0, 0.1) is 0 Å². The van der Waals surface area contributed by atoms with Crippen molar-refractivity contribution in [1.29, 1.82) is 0 Å². The van der Waals surface area contributed by atoms with Crippen molar-refractivity contribution in [3.8, 4) is 0 Å². The largest absolute Gasteiger partial charge is 0.397 e. The Kier molecular flexibility index (Phi) is 6.11. The molecule has 1 rings (SSSR count). The maximum Gasteiger partial charge on any atom is 0.352 e. The van der Waals surface area contributed by atoms with Gasteiger partial charge in [0, 0.05) is 20.8 Å². The van der Waals surface area contributed by atoms with E-state index in [4.69, 9.17) is 29.9 Å². The second kappa shape index (κ2) is 6.83. The van der Waals surface area contributed by atoms with Crippen LogP contribution < -0.4 is 0 Å². The maximum atomic E-state index is 5.85. The molecule has 90 valence electrons. The minimum absolute atomic E-state index is 0.338. The van der Waals surface area contributed by atoms with Crippen molar-refractivity contribution in [3.05, 3.63) is 0 Å². The molecule has 1 atom stereocenters. The van der Waals surface area contributed by atoms with Gasteiger partial charge in [0.05, 0.1) is 18.7 Å². The predicted molar refractivity (Wildman–Crippen MR) is 60.5 cm³/mol. The van der Waals surface area contributed by atoms with Gasteiger partial charge in [-0.15, -0.1) is 11.6 Å². The van der Waals surface area contributed by atoms with E-state index in [1.165, 1.54) is 0 Å². The molecule has 4 nitrogen and oxygen atoms in total. The minimum atomic E-state index is -2.12. The van der Waals surface area contributed by atoms with Crippen molar-refractivity contribution in [1.82, 2.24) is 0 Å². The van der Waals surface area contributed by atoms with E-state index in [0.29, 0.717) is 18.2 Å². The topological polar surface area (TPSA) is 40.2 Å². The Balaban J connectivity index is 2.04. The highest BCUT2D eigenvalue weighted by Gasteiger charge is 2.33. The molecule has 6 heteroatoms. The number of epoxide rings is 1. The molecular weight excluding hydrogens is 236 g/mol. The molecular formula is C9H19ClO4Si. The third kappa shape index (κ3) is 4.80. The lowest BCUT2D eigenvalue weighted by atomic mass is 10.5. The van der Waals surface area contributed by atoms with Crippen molar-refractivity contribution < 1.29 is 18.3 Å². The Morgan fingerprint density at radius 2 is 2.07 bits per heavy atom. The number of halogens is 1. The maximum absolute atomic E-state index is 5.85. The average Bonchev–Trinajstić information content (AvgIpc) is 3.08. The quantitative estimate of drug-likeness (QED) is 0.269. The molecule has 0 aromatic carbocycles. The molecule has 0 aromatic heterocycles. The Labute approximate surface area is 97.0 Å². The highest BCUT2D eigenvalue weighted by molar-refractivity contribution is 6.74. The van der Waals surface area contributed by atoms with Crippen LogP contribution in [0.2, 0.25) is 6.04 Å². The monoisotopic (exact) mass is 254 g/mol. The van der Waals surface area contributed by atoms with Crippen LogP contribution in [0.1, 0.15) is 6.42 Å². The second-order valence-corrected chi connectivity index (χ2v) is 7.79. The number of ether oxygens (including phenoxy) is 2. The van der Waals surface area contributed by atoms with E-state index in [2.05, 4.69) is 0 Å². The van der Waals surface area contributed by atoms with Gasteiger partial charge < -0.3 is 18.3 Å². The van der Waals surface area contributed by atoms with Crippen LogP contribution in [-0.4, -0.2) is 54.2 Å². The van der Waals surface area contributed by atoms with Crippen molar-refractivity contribution in [2.24, 2.45) is 0 Å². The molecule has 1 aliphatic heterocycles. The summed E-state index contributed by atoms with van der Waals surface area (Å²) in [6, 6.07) is 0.870. The first-order chi connectivity index (χ1) is 7.26. The van der Waals surface area contributed by atoms with E-state index in [9.17, 15) is 0 Å². The van der Waals surface area contributed by atoms with E-state index in [-0.39, 0.29) is 0 Å². The normalized spacial score (nSPS) is 20.6. The van der Waals surface area contributed by atoms with Gasteiger partial charge in [0.1, 0.15) is 6.10 Å². The average molecular weight is 255 g/mol. The summed E-state index contributed by atoms with van der Waals surface area (Å²) in [6.07, 6.45) is 1.26. The fourth-order valence-corrected chi connectivity index (χ4v) is 3.95. The van der Waals surface area contributed by atoms with Crippen LogP contribution in [0.25, 0.3) is 0 Å². The van der Waals surface area contributed by atoms with Crippen LogP contribution in [0.15, 0.2) is 0 Å². The first-order valence-electron chi connectivity index (χ1n) is 5.12. The number of hydrogen-bond donors (Lipinski definition) is 0. The summed E-state index contributed by atoms with van der Waals surface area (Å²) in [6.45, 7) is 2.27. The van der Waals surface area contributed by atoms with Gasteiger partial charge in [0.25, 0.3) is 0 Å². The molecule has 1 aliphatic rings. The van der Waals surface area contributed by atoms with E-state index in [1.54, 1.807) is 14.2 Å². The fourth-order valence-electron chi connectivity index (χ4n) is 1.29. The smallest absolute Gasteiger partial charge is 0.352 e. The Bertz CT molecular complexity index is 165. The molecule has 0 amide bonds. The molecule has 1 unspecified atom stereocenters. The SMILES string of the molecule is CO[Si](CCl)(CCCOCC1CO1)OC. The van der Waals surface area contributed by atoms with Crippen LogP contribution in [0.3, 0.4) is 0 Å². The Hall–Kier alpha value is 0.347. The fraction of sp³-hybridized carbons (Fsp3) is 1.00. The standard InChI is InChI=1S/C9H19ClO4Si/c1-11-15(8-10,12-2)5-3-4-13-6-9-7-14-9/h9H,3-8H2,1-2H3. The summed E-state index contributed by atoms with van der Waals surface area (Å²) in [5.74, 6) is 0. The summed E-state index contributed by atoms with van der Waals surface area (Å²) >= 11 is 5.85. The molecule has 0 spiro atoms. The molecule has 0 bridgehead atoms. The molecule has 0 N–H and O–H groups in total. The minimum Gasteiger partial charge on any atom is -0.397 e. The van der Waals surface area contributed by atoms with Crippen LogP contribution in [-0.2, 0) is 18.3 Å². The molecule has 0 aromatic rings. The van der Waals surface area contributed by atoms with Gasteiger partial charge >= 0.3 is 8.56 Å². The van der Waals surface area contributed by atoms with Gasteiger partial charge in [0.2, 0.25) is 0 Å². The molecule has 15 heavy (non-hydrogen) atoms. The number of rotatable bonds is 9. The van der Waals surface area contributed by atoms with Gasteiger partial charge in [-0.05, 0) is 12.5 Å². The van der Waals surface area contributed by atoms with E-state index in [1.807, 2.05) is 0 Å².